The molecule has 3 fully saturated rings. The highest BCUT2D eigenvalue weighted by Crippen LogP contribution is 2.32. The van der Waals surface area contributed by atoms with Gasteiger partial charge in [-0.05, 0) is 31.6 Å². The molecule has 0 aromatic carbocycles. The van der Waals surface area contributed by atoms with Gasteiger partial charge < -0.3 is 4.74 Å². The molecule has 0 unspecified atom stereocenters. The third-order valence-electron chi connectivity index (χ3n) is 5.21. The summed E-state index contributed by atoms with van der Waals surface area (Å²) in [6.45, 7) is 1.14. The molecule has 5 heteroatoms. The molecule has 0 radical (unpaired) electrons. The Morgan fingerprint density at radius 2 is 1.65 bits per heavy atom. The van der Waals surface area contributed by atoms with Crippen LogP contribution in [-0.2, 0) is 14.8 Å². The molecule has 2 aliphatic carbocycles. The first-order valence-electron chi connectivity index (χ1n) is 8.28. The van der Waals surface area contributed by atoms with Crippen LogP contribution in [0.5, 0.6) is 0 Å². The summed E-state index contributed by atoms with van der Waals surface area (Å²) in [6.07, 6.45) is 10.4. The van der Waals surface area contributed by atoms with Gasteiger partial charge in [0.1, 0.15) is 0 Å². The van der Waals surface area contributed by atoms with Gasteiger partial charge in [0, 0.05) is 6.54 Å². The number of rotatable bonds is 3. The van der Waals surface area contributed by atoms with E-state index in [4.69, 9.17) is 4.74 Å². The highest BCUT2D eigenvalue weighted by Gasteiger charge is 2.40. The first kappa shape index (κ1) is 14.8. The van der Waals surface area contributed by atoms with Crippen LogP contribution in [0.15, 0.2) is 0 Å². The van der Waals surface area contributed by atoms with Crippen molar-refractivity contribution >= 4 is 10.0 Å². The lowest BCUT2D eigenvalue weighted by molar-refractivity contribution is -0.0587. The number of ether oxygens (including phenoxy) is 1. The second-order valence-corrected chi connectivity index (χ2v) is 8.62. The van der Waals surface area contributed by atoms with Gasteiger partial charge in [0.25, 0.3) is 0 Å². The normalized spacial score (nSPS) is 33.8. The Balaban J connectivity index is 1.68. The first-order chi connectivity index (χ1) is 9.67. The fraction of sp³-hybridized carbons (Fsp3) is 1.00. The molecule has 4 nitrogen and oxygen atoms in total. The summed E-state index contributed by atoms with van der Waals surface area (Å²) in [5, 5.41) is 0. The summed E-state index contributed by atoms with van der Waals surface area (Å²) in [5.41, 5.74) is 0. The van der Waals surface area contributed by atoms with E-state index in [1.165, 1.54) is 25.7 Å². The minimum atomic E-state index is -3.10. The SMILES string of the molecule is O=S(=O)(CC1CCCCC1)N1CCO[C@@H]2CCCC[C@@H]21. The third kappa shape index (κ3) is 3.20. The lowest BCUT2D eigenvalue weighted by Crippen LogP contribution is -2.55. The van der Waals surface area contributed by atoms with E-state index in [1.807, 2.05) is 0 Å². The van der Waals surface area contributed by atoms with Crippen LogP contribution in [0.25, 0.3) is 0 Å². The Bertz CT molecular complexity index is 415. The van der Waals surface area contributed by atoms with Crippen LogP contribution in [0.4, 0.5) is 0 Å². The molecule has 1 saturated heterocycles. The highest BCUT2D eigenvalue weighted by molar-refractivity contribution is 7.89. The second-order valence-electron chi connectivity index (χ2n) is 6.65. The molecule has 20 heavy (non-hydrogen) atoms. The van der Waals surface area contributed by atoms with Crippen LogP contribution in [-0.4, -0.2) is 43.8 Å². The third-order valence-corrected chi connectivity index (χ3v) is 7.27. The van der Waals surface area contributed by atoms with Crippen molar-refractivity contribution in [2.75, 3.05) is 18.9 Å². The van der Waals surface area contributed by atoms with Crippen molar-refractivity contribution < 1.29 is 13.2 Å². The maximum Gasteiger partial charge on any atom is 0.214 e. The standard InChI is InChI=1S/C15H27NO3S/c17-20(18,12-13-6-2-1-3-7-13)16-10-11-19-15-9-5-4-8-14(15)16/h13-15H,1-12H2/t14-,15+/m0/s1. The Morgan fingerprint density at radius 1 is 0.950 bits per heavy atom. The molecule has 0 N–H and O–H groups in total. The van der Waals surface area contributed by atoms with Crippen molar-refractivity contribution in [3.63, 3.8) is 0 Å². The predicted octanol–water partition coefficient (Wildman–Crippen LogP) is 2.54. The fourth-order valence-electron chi connectivity index (χ4n) is 4.15. The van der Waals surface area contributed by atoms with Gasteiger partial charge in [0.05, 0.1) is 24.5 Å². The van der Waals surface area contributed by atoms with Gasteiger partial charge in [-0.1, -0.05) is 32.1 Å². The molecule has 116 valence electrons. The molecule has 0 aromatic rings. The van der Waals surface area contributed by atoms with E-state index < -0.39 is 10.0 Å². The first-order valence-corrected chi connectivity index (χ1v) is 9.89. The number of hydrogen-bond acceptors (Lipinski definition) is 3. The quantitative estimate of drug-likeness (QED) is 0.805. The number of nitrogens with zero attached hydrogens (tertiary/aromatic N) is 1. The molecule has 3 rings (SSSR count). The largest absolute Gasteiger partial charge is 0.375 e. The average molecular weight is 301 g/mol. The highest BCUT2D eigenvalue weighted by atomic mass is 32.2. The van der Waals surface area contributed by atoms with Crippen molar-refractivity contribution in [2.24, 2.45) is 5.92 Å². The van der Waals surface area contributed by atoms with Crippen molar-refractivity contribution in [3.05, 3.63) is 0 Å². The van der Waals surface area contributed by atoms with Gasteiger partial charge in [0.15, 0.2) is 0 Å². The molecule has 0 bridgehead atoms. The van der Waals surface area contributed by atoms with Gasteiger partial charge in [0.2, 0.25) is 10.0 Å². The van der Waals surface area contributed by atoms with Crippen molar-refractivity contribution in [1.82, 2.24) is 4.31 Å². The Hall–Kier alpha value is -0.130. The van der Waals surface area contributed by atoms with Crippen molar-refractivity contribution in [1.29, 1.82) is 0 Å². The molecule has 1 aliphatic heterocycles. The number of hydrogen-bond donors (Lipinski definition) is 0. The molecule has 0 spiro atoms. The van der Waals surface area contributed by atoms with Crippen LogP contribution < -0.4 is 0 Å². The summed E-state index contributed by atoms with van der Waals surface area (Å²) in [6, 6.07) is 0.117. The van der Waals surface area contributed by atoms with Crippen molar-refractivity contribution in [2.45, 2.75) is 69.9 Å². The molecule has 2 atom stereocenters. The van der Waals surface area contributed by atoms with E-state index in [0.717, 1.165) is 32.1 Å². The number of morpholine rings is 1. The molecule has 0 aromatic heterocycles. The van der Waals surface area contributed by atoms with E-state index in [1.54, 1.807) is 4.31 Å². The summed E-state index contributed by atoms with van der Waals surface area (Å²) in [5.74, 6) is 0.759. The van der Waals surface area contributed by atoms with Gasteiger partial charge in [-0.3, -0.25) is 0 Å². The summed E-state index contributed by atoms with van der Waals surface area (Å²) in [4.78, 5) is 0. The molecular formula is C15H27NO3S. The lowest BCUT2D eigenvalue weighted by atomic mass is 9.91. The molecule has 2 saturated carbocycles. The minimum absolute atomic E-state index is 0.117. The monoisotopic (exact) mass is 301 g/mol. The van der Waals surface area contributed by atoms with E-state index in [-0.39, 0.29) is 12.1 Å². The zero-order valence-electron chi connectivity index (χ0n) is 12.3. The fourth-order valence-corrected chi connectivity index (χ4v) is 6.28. The van der Waals surface area contributed by atoms with Gasteiger partial charge in [-0.15, -0.1) is 0 Å². The summed E-state index contributed by atoms with van der Waals surface area (Å²) < 4.78 is 33.1. The minimum Gasteiger partial charge on any atom is -0.375 e. The Kier molecular flexibility index (Phi) is 4.68. The Labute approximate surface area is 122 Å². The molecule has 3 aliphatic rings. The second kappa shape index (κ2) is 6.32. The van der Waals surface area contributed by atoms with E-state index in [0.29, 0.717) is 24.8 Å². The maximum atomic E-state index is 12.8. The van der Waals surface area contributed by atoms with Gasteiger partial charge in [-0.2, -0.15) is 4.31 Å². The van der Waals surface area contributed by atoms with Crippen LogP contribution in [0, 0.1) is 5.92 Å². The van der Waals surface area contributed by atoms with Gasteiger partial charge in [-0.25, -0.2) is 8.42 Å². The summed E-state index contributed by atoms with van der Waals surface area (Å²) in [7, 11) is -3.10. The van der Waals surface area contributed by atoms with Crippen LogP contribution >= 0.6 is 0 Å². The molecular weight excluding hydrogens is 274 g/mol. The van der Waals surface area contributed by atoms with E-state index >= 15 is 0 Å². The van der Waals surface area contributed by atoms with Crippen LogP contribution in [0.2, 0.25) is 0 Å². The van der Waals surface area contributed by atoms with E-state index in [2.05, 4.69) is 0 Å². The number of fused-ring (bicyclic) bond motifs is 1. The zero-order chi connectivity index (χ0) is 14.0. The van der Waals surface area contributed by atoms with Crippen LogP contribution in [0.3, 0.4) is 0 Å². The molecule has 0 amide bonds. The van der Waals surface area contributed by atoms with Gasteiger partial charge >= 0.3 is 0 Å². The smallest absolute Gasteiger partial charge is 0.214 e. The average Bonchev–Trinajstić information content (AvgIpc) is 2.47. The topological polar surface area (TPSA) is 46.6 Å². The molecule has 1 heterocycles. The van der Waals surface area contributed by atoms with E-state index in [9.17, 15) is 8.42 Å². The number of sulfonamides is 1. The summed E-state index contributed by atoms with van der Waals surface area (Å²) >= 11 is 0. The lowest BCUT2D eigenvalue weighted by Gasteiger charge is -2.43. The Morgan fingerprint density at radius 3 is 2.45 bits per heavy atom. The predicted molar refractivity (Wildman–Crippen MR) is 79.1 cm³/mol. The zero-order valence-corrected chi connectivity index (χ0v) is 13.1. The van der Waals surface area contributed by atoms with Crippen LogP contribution in [0.1, 0.15) is 57.8 Å². The maximum absolute atomic E-state index is 12.8. The van der Waals surface area contributed by atoms with Crippen molar-refractivity contribution in [3.8, 4) is 0 Å².